The van der Waals surface area contributed by atoms with Gasteiger partial charge in [0.05, 0.1) is 10.7 Å². The number of aromatic nitrogens is 2. The number of carboxylic acids is 1. The number of aryl methyl sites for hydroxylation is 2. The third-order valence-corrected chi connectivity index (χ3v) is 8.54. The predicted octanol–water partition coefficient (Wildman–Crippen LogP) is 4.07. The Morgan fingerprint density at radius 2 is 2.03 bits per heavy atom. The van der Waals surface area contributed by atoms with Crippen LogP contribution in [-0.4, -0.2) is 45.8 Å². The summed E-state index contributed by atoms with van der Waals surface area (Å²) in [7, 11) is -4.13. The van der Waals surface area contributed by atoms with Gasteiger partial charge in [-0.05, 0) is 51.0 Å². The molecular formula is C21H21Cl2N3O5S. The lowest BCUT2D eigenvalue weighted by atomic mass is 10.2. The number of aliphatic carboxylic acids is 1. The minimum Gasteiger partial charge on any atom is -0.485 e. The molecule has 8 nitrogen and oxygen atoms in total. The van der Waals surface area contributed by atoms with Crippen molar-refractivity contribution < 1.29 is 23.1 Å². The number of sulfonamides is 1. The lowest BCUT2D eigenvalue weighted by molar-refractivity contribution is -0.140. The van der Waals surface area contributed by atoms with Gasteiger partial charge in [0.1, 0.15) is 17.5 Å². The van der Waals surface area contributed by atoms with Crippen LogP contribution in [0.3, 0.4) is 0 Å². The number of rotatable bonds is 6. The van der Waals surface area contributed by atoms with E-state index in [1.54, 1.807) is 6.07 Å². The van der Waals surface area contributed by atoms with E-state index in [1.165, 1.54) is 12.1 Å². The fourth-order valence-electron chi connectivity index (χ4n) is 3.85. The topological polar surface area (TPSA) is 101 Å². The molecule has 0 radical (unpaired) electrons. The summed E-state index contributed by atoms with van der Waals surface area (Å²) in [5, 5.41) is 9.55. The van der Waals surface area contributed by atoms with E-state index in [4.69, 9.17) is 27.9 Å². The van der Waals surface area contributed by atoms with Crippen LogP contribution in [0.25, 0.3) is 5.65 Å². The van der Waals surface area contributed by atoms with Crippen molar-refractivity contribution in [3.05, 3.63) is 57.5 Å². The van der Waals surface area contributed by atoms with Gasteiger partial charge >= 0.3 is 5.97 Å². The van der Waals surface area contributed by atoms with Crippen LogP contribution in [0.1, 0.15) is 29.8 Å². The van der Waals surface area contributed by atoms with Gasteiger partial charge in [0.25, 0.3) is 0 Å². The highest BCUT2D eigenvalue weighted by Crippen LogP contribution is 2.36. The molecule has 3 heterocycles. The van der Waals surface area contributed by atoms with Gasteiger partial charge in [0.15, 0.2) is 11.4 Å². The Morgan fingerprint density at radius 1 is 1.28 bits per heavy atom. The monoisotopic (exact) mass is 497 g/mol. The molecule has 32 heavy (non-hydrogen) atoms. The summed E-state index contributed by atoms with van der Waals surface area (Å²) in [6.45, 7) is 3.87. The number of carboxylic acid groups (broad SMARTS) is 1. The van der Waals surface area contributed by atoms with Crippen LogP contribution in [-0.2, 0) is 21.4 Å². The molecule has 0 spiro atoms. The molecule has 0 unspecified atom stereocenters. The van der Waals surface area contributed by atoms with Crippen LogP contribution < -0.4 is 4.74 Å². The zero-order chi connectivity index (χ0) is 23.2. The van der Waals surface area contributed by atoms with Gasteiger partial charge in [0, 0.05) is 29.0 Å². The number of hydrogen-bond donors (Lipinski definition) is 1. The summed E-state index contributed by atoms with van der Waals surface area (Å²) in [5.74, 6) is -0.687. The Labute approximate surface area is 195 Å². The summed E-state index contributed by atoms with van der Waals surface area (Å²) in [6, 6.07) is 5.18. The molecule has 0 bridgehead atoms. The molecule has 0 saturated carbocycles. The average Bonchev–Trinajstić information content (AvgIpc) is 3.34. The smallest absolute Gasteiger partial charge is 0.322 e. The SMILES string of the molecule is Cc1nc2c(OCc3c(Cl)ccc(S(=O)(=O)N4CCC[C@H]4C(=O)O)c3Cl)cccn2c1C. The highest BCUT2D eigenvalue weighted by atomic mass is 35.5. The van der Waals surface area contributed by atoms with E-state index < -0.39 is 22.0 Å². The number of ether oxygens (including phenoxy) is 1. The molecule has 1 aliphatic heterocycles. The molecule has 1 fully saturated rings. The molecular weight excluding hydrogens is 477 g/mol. The number of imidazole rings is 1. The van der Waals surface area contributed by atoms with Gasteiger partial charge in [-0.2, -0.15) is 4.31 Å². The van der Waals surface area contributed by atoms with Crippen LogP contribution in [0.15, 0.2) is 35.4 Å². The van der Waals surface area contributed by atoms with Gasteiger partial charge in [0.2, 0.25) is 10.0 Å². The van der Waals surface area contributed by atoms with Crippen molar-refractivity contribution in [1.29, 1.82) is 0 Å². The number of halogens is 2. The summed E-state index contributed by atoms with van der Waals surface area (Å²) in [5.41, 5.74) is 2.76. The van der Waals surface area contributed by atoms with Crippen molar-refractivity contribution in [1.82, 2.24) is 13.7 Å². The zero-order valence-electron chi connectivity index (χ0n) is 17.4. The molecule has 3 aromatic rings. The molecule has 1 N–H and O–H groups in total. The number of fused-ring (bicyclic) bond motifs is 1. The fraction of sp³-hybridized carbons (Fsp3) is 0.333. The van der Waals surface area contributed by atoms with E-state index >= 15 is 0 Å². The lowest BCUT2D eigenvalue weighted by Crippen LogP contribution is -2.40. The van der Waals surface area contributed by atoms with Crippen LogP contribution >= 0.6 is 23.2 Å². The van der Waals surface area contributed by atoms with Crippen molar-refractivity contribution in [2.75, 3.05) is 6.54 Å². The predicted molar refractivity (Wildman–Crippen MR) is 120 cm³/mol. The van der Waals surface area contributed by atoms with Gasteiger partial charge in [-0.3, -0.25) is 4.79 Å². The number of benzene rings is 1. The maximum atomic E-state index is 13.2. The highest BCUT2D eigenvalue weighted by molar-refractivity contribution is 7.89. The van der Waals surface area contributed by atoms with Crippen molar-refractivity contribution in [3.8, 4) is 5.75 Å². The second-order valence-corrected chi connectivity index (χ2v) is 10.2. The number of hydrogen-bond acceptors (Lipinski definition) is 5. The van der Waals surface area contributed by atoms with Crippen molar-refractivity contribution in [2.45, 2.75) is 44.2 Å². The molecule has 0 aliphatic carbocycles. The molecule has 1 saturated heterocycles. The van der Waals surface area contributed by atoms with E-state index in [0.29, 0.717) is 23.4 Å². The minimum atomic E-state index is -4.13. The maximum absolute atomic E-state index is 13.2. The Balaban J connectivity index is 1.68. The summed E-state index contributed by atoms with van der Waals surface area (Å²) in [6.07, 6.45) is 2.59. The third-order valence-electron chi connectivity index (χ3n) is 5.69. The number of pyridine rings is 1. The number of nitrogens with zero attached hydrogens (tertiary/aromatic N) is 3. The highest BCUT2D eigenvalue weighted by Gasteiger charge is 2.40. The fourth-order valence-corrected chi connectivity index (χ4v) is 6.36. The zero-order valence-corrected chi connectivity index (χ0v) is 19.7. The Kier molecular flexibility index (Phi) is 6.10. The lowest BCUT2D eigenvalue weighted by Gasteiger charge is -2.22. The van der Waals surface area contributed by atoms with E-state index in [9.17, 15) is 18.3 Å². The first-order valence-corrected chi connectivity index (χ1v) is 12.1. The summed E-state index contributed by atoms with van der Waals surface area (Å²) >= 11 is 12.8. The van der Waals surface area contributed by atoms with Crippen LogP contribution in [0.4, 0.5) is 0 Å². The second kappa shape index (κ2) is 8.55. The molecule has 2 aromatic heterocycles. The molecule has 0 amide bonds. The van der Waals surface area contributed by atoms with Gasteiger partial charge in [-0.15, -0.1) is 0 Å². The molecule has 4 rings (SSSR count). The van der Waals surface area contributed by atoms with Crippen molar-refractivity contribution in [2.24, 2.45) is 0 Å². The van der Waals surface area contributed by atoms with E-state index in [2.05, 4.69) is 4.98 Å². The van der Waals surface area contributed by atoms with Gasteiger partial charge < -0.3 is 14.2 Å². The first kappa shape index (κ1) is 22.8. The van der Waals surface area contributed by atoms with Gasteiger partial charge in [-0.1, -0.05) is 23.2 Å². The Bertz CT molecular complexity index is 1320. The molecule has 1 aromatic carbocycles. The van der Waals surface area contributed by atoms with Gasteiger partial charge in [-0.25, -0.2) is 13.4 Å². The summed E-state index contributed by atoms with van der Waals surface area (Å²) in [4.78, 5) is 15.8. The molecule has 170 valence electrons. The Morgan fingerprint density at radius 3 is 2.75 bits per heavy atom. The van der Waals surface area contributed by atoms with Crippen LogP contribution in [0.2, 0.25) is 10.0 Å². The normalized spacial score (nSPS) is 17.2. The quantitative estimate of drug-likeness (QED) is 0.550. The average molecular weight is 498 g/mol. The largest absolute Gasteiger partial charge is 0.485 e. The third kappa shape index (κ3) is 3.83. The molecule has 11 heteroatoms. The summed E-state index contributed by atoms with van der Waals surface area (Å²) < 4.78 is 35.2. The Hall–Kier alpha value is -2.33. The first-order chi connectivity index (χ1) is 15.1. The van der Waals surface area contributed by atoms with Crippen molar-refractivity contribution in [3.63, 3.8) is 0 Å². The standard InChI is InChI=1S/C21H21Cl2N3O5S/c1-12-13(2)25-9-4-6-17(20(25)24-12)31-11-14-15(22)7-8-18(19(14)23)32(29,30)26-10-3-5-16(26)21(27)28/h4,6-9,16H,3,5,10-11H2,1-2H3,(H,27,28)/t16-/m0/s1. The maximum Gasteiger partial charge on any atom is 0.322 e. The van der Waals surface area contributed by atoms with Crippen LogP contribution in [0, 0.1) is 13.8 Å². The first-order valence-electron chi connectivity index (χ1n) is 9.91. The molecule has 1 atom stereocenters. The molecule has 1 aliphatic rings. The van der Waals surface area contributed by atoms with E-state index in [-0.39, 0.29) is 34.5 Å². The van der Waals surface area contributed by atoms with Crippen molar-refractivity contribution >= 4 is 44.8 Å². The van der Waals surface area contributed by atoms with E-state index in [0.717, 1.165) is 15.7 Å². The van der Waals surface area contributed by atoms with E-state index in [1.807, 2.05) is 30.5 Å². The minimum absolute atomic E-state index is 0.0869. The number of carbonyl (C=O) groups is 1. The second-order valence-electron chi connectivity index (χ2n) is 7.59. The van der Waals surface area contributed by atoms with Crippen LogP contribution in [0.5, 0.6) is 5.75 Å².